The maximum atomic E-state index is 6.15. The van der Waals surface area contributed by atoms with Gasteiger partial charge in [0.05, 0.1) is 0 Å². The molecule has 0 amide bonds. The Morgan fingerprint density at radius 2 is 1.90 bits per heavy atom. The topological polar surface area (TPSA) is 29.3 Å². The van der Waals surface area contributed by atoms with Crippen LogP contribution < -0.4 is 10.6 Å². The first-order chi connectivity index (χ1) is 9.56. The number of nitrogen functional groups attached to an aromatic ring is 1. The van der Waals surface area contributed by atoms with Crippen molar-refractivity contribution in [1.29, 1.82) is 0 Å². The molecule has 0 aliphatic carbocycles. The van der Waals surface area contributed by atoms with Gasteiger partial charge in [0, 0.05) is 28.9 Å². The zero-order chi connectivity index (χ0) is 14.3. The maximum Gasteiger partial charge on any atom is 0.0429 e. The predicted molar refractivity (Wildman–Crippen MR) is 89.2 cm³/mol. The van der Waals surface area contributed by atoms with Crippen LogP contribution in [0.15, 0.2) is 34.8 Å². The fourth-order valence-electron chi connectivity index (χ4n) is 2.96. The number of anilines is 2. The first-order valence-corrected chi connectivity index (χ1v) is 7.73. The lowest BCUT2D eigenvalue weighted by Gasteiger charge is -2.21. The second kappa shape index (κ2) is 5.13. The molecule has 0 aromatic heterocycles. The number of aryl methyl sites for hydroxylation is 1. The summed E-state index contributed by atoms with van der Waals surface area (Å²) in [6, 6.07) is 10.8. The third-order valence-corrected chi connectivity index (χ3v) is 4.73. The Bertz CT molecular complexity index is 647. The van der Waals surface area contributed by atoms with E-state index in [4.69, 9.17) is 5.73 Å². The van der Waals surface area contributed by atoms with Crippen molar-refractivity contribution in [3.05, 3.63) is 57.1 Å². The molecule has 3 rings (SSSR count). The van der Waals surface area contributed by atoms with Gasteiger partial charge < -0.3 is 10.6 Å². The van der Waals surface area contributed by atoms with E-state index in [1.54, 1.807) is 0 Å². The maximum absolute atomic E-state index is 6.15. The first kappa shape index (κ1) is 13.5. The van der Waals surface area contributed by atoms with E-state index < -0.39 is 0 Å². The summed E-state index contributed by atoms with van der Waals surface area (Å²) in [7, 11) is 0. The van der Waals surface area contributed by atoms with Crippen LogP contribution in [0.4, 0.5) is 11.4 Å². The largest absolute Gasteiger partial charge is 0.398 e. The van der Waals surface area contributed by atoms with E-state index in [-0.39, 0.29) is 0 Å². The van der Waals surface area contributed by atoms with Crippen molar-refractivity contribution in [3.63, 3.8) is 0 Å². The highest BCUT2D eigenvalue weighted by molar-refractivity contribution is 9.10. The molecule has 2 aromatic rings. The van der Waals surface area contributed by atoms with Gasteiger partial charge in [-0.05, 0) is 60.7 Å². The summed E-state index contributed by atoms with van der Waals surface area (Å²) in [6.45, 7) is 6.28. The number of rotatable bonds is 2. The molecule has 0 saturated heterocycles. The van der Waals surface area contributed by atoms with Gasteiger partial charge in [0.1, 0.15) is 0 Å². The Hall–Kier alpha value is -1.48. The van der Waals surface area contributed by atoms with Crippen LogP contribution in [0.1, 0.15) is 22.3 Å². The van der Waals surface area contributed by atoms with Crippen LogP contribution in [0.5, 0.6) is 0 Å². The van der Waals surface area contributed by atoms with Crippen molar-refractivity contribution in [2.24, 2.45) is 0 Å². The van der Waals surface area contributed by atoms with Gasteiger partial charge in [-0.15, -0.1) is 0 Å². The van der Waals surface area contributed by atoms with E-state index in [1.807, 2.05) is 0 Å². The van der Waals surface area contributed by atoms with E-state index in [0.717, 1.165) is 29.7 Å². The standard InChI is InChI=1S/C17H19BrN2/c1-11-9-16-15(12(2)17(11)19)7-8-20(16)10-13-3-5-14(18)6-4-13/h3-6,9H,7-8,10,19H2,1-2H3. The summed E-state index contributed by atoms with van der Waals surface area (Å²) < 4.78 is 1.13. The lowest BCUT2D eigenvalue weighted by Crippen LogP contribution is -2.19. The molecule has 0 saturated carbocycles. The zero-order valence-corrected chi connectivity index (χ0v) is 13.5. The highest BCUT2D eigenvalue weighted by atomic mass is 79.9. The van der Waals surface area contributed by atoms with Crippen LogP contribution in [0.2, 0.25) is 0 Å². The van der Waals surface area contributed by atoms with E-state index in [1.165, 1.54) is 27.9 Å². The fourth-order valence-corrected chi connectivity index (χ4v) is 3.22. The van der Waals surface area contributed by atoms with Crippen LogP contribution in [0.25, 0.3) is 0 Å². The van der Waals surface area contributed by atoms with Gasteiger partial charge in [-0.2, -0.15) is 0 Å². The summed E-state index contributed by atoms with van der Waals surface area (Å²) in [5.41, 5.74) is 13.7. The molecular weight excluding hydrogens is 312 g/mol. The third kappa shape index (κ3) is 2.31. The Balaban J connectivity index is 1.91. The van der Waals surface area contributed by atoms with Crippen molar-refractivity contribution in [2.75, 3.05) is 17.2 Å². The molecule has 1 aliphatic rings. The Morgan fingerprint density at radius 3 is 2.60 bits per heavy atom. The lowest BCUT2D eigenvalue weighted by molar-refractivity contribution is 0.835. The quantitative estimate of drug-likeness (QED) is 0.835. The Kier molecular flexibility index (Phi) is 3.47. The van der Waals surface area contributed by atoms with Gasteiger partial charge in [0.2, 0.25) is 0 Å². The second-order valence-corrected chi connectivity index (χ2v) is 6.44. The van der Waals surface area contributed by atoms with Crippen LogP contribution in [-0.2, 0) is 13.0 Å². The van der Waals surface area contributed by atoms with Gasteiger partial charge >= 0.3 is 0 Å². The highest BCUT2D eigenvalue weighted by Crippen LogP contribution is 2.36. The molecule has 0 fully saturated rings. The van der Waals surface area contributed by atoms with E-state index in [9.17, 15) is 0 Å². The molecule has 0 bridgehead atoms. The van der Waals surface area contributed by atoms with Gasteiger partial charge in [-0.3, -0.25) is 0 Å². The molecule has 0 spiro atoms. The molecular formula is C17H19BrN2. The molecule has 0 unspecified atom stereocenters. The van der Waals surface area contributed by atoms with Crippen molar-refractivity contribution in [2.45, 2.75) is 26.8 Å². The Labute approximate surface area is 128 Å². The molecule has 0 radical (unpaired) electrons. The number of fused-ring (bicyclic) bond motifs is 1. The molecule has 0 atom stereocenters. The van der Waals surface area contributed by atoms with Gasteiger partial charge in [-0.1, -0.05) is 28.1 Å². The number of nitrogens with two attached hydrogens (primary N) is 1. The molecule has 1 heterocycles. The number of hydrogen-bond acceptors (Lipinski definition) is 2. The van der Waals surface area contributed by atoms with Crippen molar-refractivity contribution >= 4 is 27.3 Å². The van der Waals surface area contributed by atoms with Crippen LogP contribution in [0.3, 0.4) is 0 Å². The first-order valence-electron chi connectivity index (χ1n) is 6.94. The molecule has 20 heavy (non-hydrogen) atoms. The van der Waals surface area contributed by atoms with Gasteiger partial charge in [0.15, 0.2) is 0 Å². The minimum atomic E-state index is 0.953. The summed E-state index contributed by atoms with van der Waals surface area (Å²) in [4.78, 5) is 2.46. The average Bonchev–Trinajstić information content (AvgIpc) is 2.82. The number of benzene rings is 2. The third-order valence-electron chi connectivity index (χ3n) is 4.20. The van der Waals surface area contributed by atoms with Crippen molar-refractivity contribution in [1.82, 2.24) is 0 Å². The summed E-state index contributed by atoms with van der Waals surface area (Å²) in [5.74, 6) is 0. The fraction of sp³-hybridized carbons (Fsp3) is 0.294. The minimum absolute atomic E-state index is 0.953. The second-order valence-electron chi connectivity index (χ2n) is 5.53. The number of halogens is 1. The molecule has 104 valence electrons. The number of nitrogens with zero attached hydrogens (tertiary/aromatic N) is 1. The van der Waals surface area contributed by atoms with E-state index in [2.05, 4.69) is 65.0 Å². The molecule has 3 heteroatoms. The van der Waals surface area contributed by atoms with E-state index in [0.29, 0.717) is 0 Å². The predicted octanol–water partition coefficient (Wildman–Crippen LogP) is 4.21. The Morgan fingerprint density at radius 1 is 1.20 bits per heavy atom. The average molecular weight is 331 g/mol. The molecule has 2 nitrogen and oxygen atoms in total. The van der Waals surface area contributed by atoms with Crippen LogP contribution >= 0.6 is 15.9 Å². The van der Waals surface area contributed by atoms with Gasteiger partial charge in [0.25, 0.3) is 0 Å². The molecule has 2 aromatic carbocycles. The number of hydrogen-bond donors (Lipinski definition) is 1. The normalized spacial score (nSPS) is 13.7. The van der Waals surface area contributed by atoms with Crippen molar-refractivity contribution in [3.8, 4) is 0 Å². The van der Waals surface area contributed by atoms with Crippen LogP contribution in [-0.4, -0.2) is 6.54 Å². The summed E-state index contributed by atoms with van der Waals surface area (Å²) in [6.07, 6.45) is 1.10. The minimum Gasteiger partial charge on any atom is -0.398 e. The monoisotopic (exact) mass is 330 g/mol. The molecule has 2 N–H and O–H groups in total. The van der Waals surface area contributed by atoms with Crippen LogP contribution in [0, 0.1) is 13.8 Å². The summed E-state index contributed by atoms with van der Waals surface area (Å²) in [5, 5.41) is 0. The van der Waals surface area contributed by atoms with E-state index >= 15 is 0 Å². The smallest absolute Gasteiger partial charge is 0.0429 e. The lowest BCUT2D eigenvalue weighted by atomic mass is 10.0. The highest BCUT2D eigenvalue weighted by Gasteiger charge is 2.22. The SMILES string of the molecule is Cc1cc2c(c(C)c1N)CCN2Cc1ccc(Br)cc1. The zero-order valence-electron chi connectivity index (χ0n) is 11.9. The van der Waals surface area contributed by atoms with Gasteiger partial charge in [-0.25, -0.2) is 0 Å². The summed E-state index contributed by atoms with van der Waals surface area (Å²) >= 11 is 3.48. The van der Waals surface area contributed by atoms with Crippen molar-refractivity contribution < 1.29 is 0 Å². The molecule has 1 aliphatic heterocycles.